The number of nitrogens with zero attached hydrogens (tertiary/aromatic N) is 2. The molecule has 0 aliphatic heterocycles. The van der Waals surface area contributed by atoms with Crippen molar-refractivity contribution in [3.05, 3.63) is 84.2 Å². The number of amides is 2. The Morgan fingerprint density at radius 3 is 2.25 bits per heavy atom. The van der Waals surface area contributed by atoms with Gasteiger partial charge in [-0.15, -0.1) is 0 Å². The number of ether oxygens (including phenoxy) is 2. The molecule has 0 spiro atoms. The van der Waals surface area contributed by atoms with Crippen molar-refractivity contribution >= 4 is 27.5 Å². The maximum atomic E-state index is 14.3. The van der Waals surface area contributed by atoms with Gasteiger partial charge in [0.05, 0.1) is 24.8 Å². The first-order valence-corrected chi connectivity index (χ1v) is 16.3. The molecule has 1 saturated carbocycles. The van der Waals surface area contributed by atoms with Crippen LogP contribution in [0.1, 0.15) is 51.0 Å². The van der Waals surface area contributed by atoms with Gasteiger partial charge < -0.3 is 19.7 Å². The normalized spacial score (nSPS) is 14.4. The second-order valence-electron chi connectivity index (χ2n) is 10.8. The monoisotopic (exact) mass is 625 g/mol. The highest BCUT2D eigenvalue weighted by atomic mass is 32.2. The lowest BCUT2D eigenvalue weighted by atomic mass is 9.95. The average molecular weight is 626 g/mol. The molecule has 11 heteroatoms. The number of hydrogen-bond donors (Lipinski definition) is 1. The Hall–Kier alpha value is -4.12. The van der Waals surface area contributed by atoms with Gasteiger partial charge in [0.15, 0.2) is 0 Å². The second-order valence-corrected chi connectivity index (χ2v) is 12.6. The summed E-state index contributed by atoms with van der Waals surface area (Å²) in [5.41, 5.74) is 0.700. The van der Waals surface area contributed by atoms with E-state index in [1.807, 2.05) is 0 Å². The summed E-state index contributed by atoms with van der Waals surface area (Å²) in [6.07, 6.45) is 5.19. The maximum Gasteiger partial charge on any atom is 0.264 e. The Kier molecular flexibility index (Phi) is 11.2. The number of carbonyl (C=O) groups is 2. The summed E-state index contributed by atoms with van der Waals surface area (Å²) in [4.78, 5) is 29.3. The number of halogens is 1. The number of hydrogen-bond acceptors (Lipinski definition) is 6. The van der Waals surface area contributed by atoms with Crippen LogP contribution in [0.15, 0.2) is 77.7 Å². The largest absolute Gasteiger partial charge is 0.497 e. The fourth-order valence-electron chi connectivity index (χ4n) is 5.47. The number of carbonyl (C=O) groups excluding carboxylic acids is 2. The van der Waals surface area contributed by atoms with Gasteiger partial charge >= 0.3 is 0 Å². The number of nitrogens with one attached hydrogen (secondary N) is 1. The van der Waals surface area contributed by atoms with E-state index in [1.54, 1.807) is 49.4 Å². The van der Waals surface area contributed by atoms with E-state index < -0.39 is 34.3 Å². The Bertz CT molecular complexity index is 1510. The van der Waals surface area contributed by atoms with Gasteiger partial charge in [0.25, 0.3) is 10.0 Å². The quantitative estimate of drug-likeness (QED) is 0.277. The third kappa shape index (κ3) is 7.88. The summed E-state index contributed by atoms with van der Waals surface area (Å²) < 4.78 is 53.9. The highest BCUT2D eigenvalue weighted by Gasteiger charge is 2.35. The van der Waals surface area contributed by atoms with Crippen LogP contribution in [-0.2, 0) is 26.2 Å². The van der Waals surface area contributed by atoms with Crippen LogP contribution in [-0.4, -0.2) is 58.0 Å². The predicted octanol–water partition coefficient (Wildman–Crippen LogP) is 5.29. The molecule has 0 heterocycles. The van der Waals surface area contributed by atoms with Crippen LogP contribution >= 0.6 is 0 Å². The zero-order valence-electron chi connectivity index (χ0n) is 25.4. The molecule has 1 aliphatic rings. The van der Waals surface area contributed by atoms with Gasteiger partial charge in [-0.05, 0) is 61.2 Å². The van der Waals surface area contributed by atoms with Crippen LogP contribution in [0, 0.1) is 5.82 Å². The lowest BCUT2D eigenvalue weighted by Gasteiger charge is -2.34. The SMILES string of the molecule is CC[C@H](C(=O)NC1CCCCC1)N(Cc1ccc(F)cc1)C(=O)CN(c1cc(OC)ccc1OC)S(=O)(=O)c1ccccc1. The number of benzene rings is 3. The molecule has 4 rings (SSSR count). The van der Waals surface area contributed by atoms with Gasteiger partial charge in [-0.25, -0.2) is 12.8 Å². The van der Waals surface area contributed by atoms with Crippen molar-refractivity contribution in [3.8, 4) is 11.5 Å². The molecule has 0 saturated heterocycles. The molecule has 1 N–H and O–H groups in total. The molecule has 44 heavy (non-hydrogen) atoms. The van der Waals surface area contributed by atoms with Crippen molar-refractivity contribution in [2.75, 3.05) is 25.1 Å². The molecular formula is C33H40FN3O6S. The Labute approximate surface area is 259 Å². The van der Waals surface area contributed by atoms with E-state index in [-0.39, 0.29) is 34.8 Å². The van der Waals surface area contributed by atoms with E-state index in [4.69, 9.17) is 9.47 Å². The summed E-state index contributed by atoms with van der Waals surface area (Å²) in [6, 6.07) is 17.3. The van der Waals surface area contributed by atoms with Gasteiger partial charge in [-0.2, -0.15) is 0 Å². The van der Waals surface area contributed by atoms with Crippen molar-refractivity contribution < 1.29 is 31.9 Å². The minimum atomic E-state index is -4.29. The minimum absolute atomic E-state index is 0.0177. The van der Waals surface area contributed by atoms with E-state index in [9.17, 15) is 22.4 Å². The van der Waals surface area contributed by atoms with Crippen LogP contribution in [0.5, 0.6) is 11.5 Å². The van der Waals surface area contributed by atoms with E-state index in [0.717, 1.165) is 36.4 Å². The molecule has 9 nitrogen and oxygen atoms in total. The first kappa shape index (κ1) is 32.8. The van der Waals surface area contributed by atoms with E-state index in [1.165, 1.54) is 49.5 Å². The van der Waals surface area contributed by atoms with Gasteiger partial charge in [0.1, 0.15) is 29.9 Å². The van der Waals surface area contributed by atoms with Crippen LogP contribution < -0.4 is 19.1 Å². The molecule has 1 atom stereocenters. The third-order valence-electron chi connectivity index (χ3n) is 7.87. The van der Waals surface area contributed by atoms with Crippen molar-refractivity contribution in [2.45, 2.75) is 69.0 Å². The minimum Gasteiger partial charge on any atom is -0.497 e. The fraction of sp³-hybridized carbons (Fsp3) is 0.394. The summed E-state index contributed by atoms with van der Waals surface area (Å²) in [6.45, 7) is 1.15. The smallest absolute Gasteiger partial charge is 0.264 e. The standard InChI is InChI=1S/C33H40FN3O6S/c1-4-29(33(39)35-26-11-7-5-8-12-26)36(22-24-15-17-25(34)18-16-24)32(38)23-37(44(40,41)28-13-9-6-10-14-28)30-21-27(42-2)19-20-31(30)43-3/h6,9-10,13-21,26,29H,4-5,7-8,11-12,22-23H2,1-3H3,(H,35,39)/t29-/m1/s1. The summed E-state index contributed by atoms with van der Waals surface area (Å²) in [5, 5.41) is 3.11. The molecule has 3 aromatic rings. The van der Waals surface area contributed by atoms with Crippen molar-refractivity contribution in [1.82, 2.24) is 10.2 Å². The predicted molar refractivity (Wildman–Crippen MR) is 167 cm³/mol. The molecule has 1 fully saturated rings. The first-order valence-electron chi connectivity index (χ1n) is 14.8. The maximum absolute atomic E-state index is 14.3. The van der Waals surface area contributed by atoms with Crippen molar-refractivity contribution in [2.24, 2.45) is 0 Å². The van der Waals surface area contributed by atoms with Gasteiger partial charge in [-0.3, -0.25) is 13.9 Å². The molecular weight excluding hydrogens is 585 g/mol. The van der Waals surface area contributed by atoms with Crippen LogP contribution in [0.25, 0.3) is 0 Å². The molecule has 0 bridgehead atoms. The molecule has 236 valence electrons. The van der Waals surface area contributed by atoms with Crippen LogP contribution in [0.3, 0.4) is 0 Å². The number of rotatable bonds is 13. The Balaban J connectivity index is 1.76. The van der Waals surface area contributed by atoms with Crippen molar-refractivity contribution in [3.63, 3.8) is 0 Å². The lowest BCUT2D eigenvalue weighted by molar-refractivity contribution is -0.140. The molecule has 0 radical (unpaired) electrons. The number of methoxy groups -OCH3 is 2. The van der Waals surface area contributed by atoms with Crippen LogP contribution in [0.4, 0.5) is 10.1 Å². The molecule has 0 aromatic heterocycles. The molecule has 2 amide bonds. The van der Waals surface area contributed by atoms with Gasteiger partial charge in [0.2, 0.25) is 11.8 Å². The summed E-state index contributed by atoms with van der Waals surface area (Å²) >= 11 is 0. The Morgan fingerprint density at radius 1 is 0.955 bits per heavy atom. The van der Waals surface area contributed by atoms with E-state index in [0.29, 0.717) is 17.7 Å². The van der Waals surface area contributed by atoms with Gasteiger partial charge in [0, 0.05) is 18.7 Å². The summed E-state index contributed by atoms with van der Waals surface area (Å²) in [7, 11) is -1.43. The average Bonchev–Trinajstić information content (AvgIpc) is 3.04. The fourth-order valence-corrected chi connectivity index (χ4v) is 6.91. The third-order valence-corrected chi connectivity index (χ3v) is 9.64. The summed E-state index contributed by atoms with van der Waals surface area (Å²) in [5.74, 6) is -0.761. The zero-order valence-corrected chi connectivity index (χ0v) is 26.2. The highest BCUT2D eigenvalue weighted by molar-refractivity contribution is 7.92. The highest BCUT2D eigenvalue weighted by Crippen LogP contribution is 2.36. The lowest BCUT2D eigenvalue weighted by Crippen LogP contribution is -2.54. The molecule has 0 unspecified atom stereocenters. The topological polar surface area (TPSA) is 105 Å². The number of anilines is 1. The Morgan fingerprint density at radius 2 is 1.64 bits per heavy atom. The zero-order chi connectivity index (χ0) is 31.7. The first-order chi connectivity index (χ1) is 21.2. The van der Waals surface area contributed by atoms with E-state index >= 15 is 0 Å². The second kappa shape index (κ2) is 15.1. The van der Waals surface area contributed by atoms with Crippen LogP contribution in [0.2, 0.25) is 0 Å². The van der Waals surface area contributed by atoms with E-state index in [2.05, 4.69) is 5.32 Å². The molecule has 3 aromatic carbocycles. The van der Waals surface area contributed by atoms with Gasteiger partial charge in [-0.1, -0.05) is 56.5 Å². The van der Waals surface area contributed by atoms with Crippen molar-refractivity contribution in [1.29, 1.82) is 0 Å². The molecule has 1 aliphatic carbocycles. The number of sulfonamides is 1.